The summed E-state index contributed by atoms with van der Waals surface area (Å²) in [6, 6.07) is 7.80. The molecule has 2 heterocycles. The van der Waals surface area contributed by atoms with Crippen LogP contribution in [-0.2, 0) is 0 Å². The van der Waals surface area contributed by atoms with Crippen LogP contribution in [-0.4, -0.2) is 21.6 Å². The topological polar surface area (TPSA) is 77.5 Å². The summed E-state index contributed by atoms with van der Waals surface area (Å²) in [4.78, 5) is 28.4. The van der Waals surface area contributed by atoms with Gasteiger partial charge in [0.1, 0.15) is 16.3 Å². The number of carbonyl (C=O) groups is 2. The minimum Gasteiger partial charge on any atom is -0.365 e. The highest BCUT2D eigenvalue weighted by Gasteiger charge is 2.21. The molecule has 0 radical (unpaired) electrons. The van der Waals surface area contributed by atoms with Crippen molar-refractivity contribution in [3.8, 4) is 11.3 Å². The number of primary amides is 1. The third-order valence-electron chi connectivity index (χ3n) is 3.40. The first-order valence-corrected chi connectivity index (χ1v) is 7.18. The van der Waals surface area contributed by atoms with E-state index < -0.39 is 5.91 Å². The molecule has 3 aromatic rings. The van der Waals surface area contributed by atoms with Gasteiger partial charge in [0.2, 0.25) is 0 Å². The Morgan fingerprint density at radius 1 is 1.29 bits per heavy atom. The number of thiazole rings is 1. The molecule has 6 heteroatoms. The lowest BCUT2D eigenvalue weighted by Gasteiger charge is -2.01. The minimum absolute atomic E-state index is 0.427. The molecule has 0 fully saturated rings. The van der Waals surface area contributed by atoms with Gasteiger partial charge in [0.25, 0.3) is 5.91 Å². The maximum Gasteiger partial charge on any atom is 0.260 e. The van der Waals surface area contributed by atoms with Gasteiger partial charge in [0.15, 0.2) is 11.2 Å². The van der Waals surface area contributed by atoms with Crippen LogP contribution < -0.4 is 5.73 Å². The minimum atomic E-state index is -0.503. The molecule has 5 nitrogen and oxygen atoms in total. The molecule has 106 valence electrons. The molecule has 0 aliphatic carbocycles. The number of rotatable bonds is 3. The molecule has 0 unspecified atom stereocenters. The van der Waals surface area contributed by atoms with E-state index in [2.05, 4.69) is 4.98 Å². The molecule has 0 spiro atoms. The summed E-state index contributed by atoms with van der Waals surface area (Å²) in [5.74, 6) is -0.503. The van der Waals surface area contributed by atoms with Gasteiger partial charge < -0.3 is 5.73 Å². The molecule has 3 rings (SSSR count). The van der Waals surface area contributed by atoms with Gasteiger partial charge in [-0.05, 0) is 13.8 Å². The van der Waals surface area contributed by atoms with Crippen LogP contribution in [0, 0.1) is 13.8 Å². The Kier molecular flexibility index (Phi) is 3.10. The predicted molar refractivity (Wildman–Crippen MR) is 81.9 cm³/mol. The largest absolute Gasteiger partial charge is 0.365 e. The number of nitrogens with zero attached hydrogens (tertiary/aromatic N) is 2. The summed E-state index contributed by atoms with van der Waals surface area (Å²) in [5, 5.41) is 0. The second kappa shape index (κ2) is 4.82. The van der Waals surface area contributed by atoms with Gasteiger partial charge in [-0.3, -0.25) is 14.0 Å². The lowest BCUT2D eigenvalue weighted by molar-refractivity contribution is 0.100. The van der Waals surface area contributed by atoms with Crippen molar-refractivity contribution >= 4 is 28.5 Å². The van der Waals surface area contributed by atoms with Crippen molar-refractivity contribution in [1.29, 1.82) is 0 Å². The summed E-state index contributed by atoms with van der Waals surface area (Å²) >= 11 is 1.20. The van der Waals surface area contributed by atoms with Crippen LogP contribution in [0.5, 0.6) is 0 Å². The highest BCUT2D eigenvalue weighted by Crippen LogP contribution is 2.30. The third-order valence-corrected chi connectivity index (χ3v) is 4.56. The van der Waals surface area contributed by atoms with E-state index in [1.807, 2.05) is 31.2 Å². The van der Waals surface area contributed by atoms with Crippen LogP contribution in [0.25, 0.3) is 16.2 Å². The fourth-order valence-electron chi connectivity index (χ4n) is 2.33. The Labute approximate surface area is 125 Å². The van der Waals surface area contributed by atoms with E-state index in [4.69, 9.17) is 5.73 Å². The summed E-state index contributed by atoms with van der Waals surface area (Å²) in [7, 11) is 0. The Morgan fingerprint density at radius 2 is 1.95 bits per heavy atom. The Hall–Kier alpha value is -2.47. The number of hydrogen-bond acceptors (Lipinski definition) is 4. The molecule has 0 bridgehead atoms. The highest BCUT2D eigenvalue weighted by atomic mass is 32.1. The van der Waals surface area contributed by atoms with Crippen molar-refractivity contribution in [2.75, 3.05) is 0 Å². The van der Waals surface area contributed by atoms with E-state index in [1.165, 1.54) is 11.3 Å². The molecule has 0 saturated carbocycles. The second-order valence-electron chi connectivity index (χ2n) is 4.83. The van der Waals surface area contributed by atoms with Crippen LogP contribution in [0.4, 0.5) is 0 Å². The Morgan fingerprint density at radius 3 is 2.52 bits per heavy atom. The number of aryl methyl sites for hydroxylation is 2. The van der Waals surface area contributed by atoms with Gasteiger partial charge >= 0.3 is 0 Å². The van der Waals surface area contributed by atoms with Gasteiger partial charge in [-0.2, -0.15) is 0 Å². The smallest absolute Gasteiger partial charge is 0.260 e. The summed E-state index contributed by atoms with van der Waals surface area (Å²) in [6.45, 7) is 3.76. The second-order valence-corrected chi connectivity index (χ2v) is 5.81. The molecule has 0 saturated heterocycles. The van der Waals surface area contributed by atoms with Crippen molar-refractivity contribution in [1.82, 2.24) is 9.38 Å². The number of amides is 1. The number of nitrogens with two attached hydrogens (primary N) is 1. The average Bonchev–Trinajstić information content (AvgIpc) is 2.97. The zero-order valence-corrected chi connectivity index (χ0v) is 12.4. The number of aromatic nitrogens is 2. The van der Waals surface area contributed by atoms with E-state index in [0.717, 1.165) is 17.4 Å². The highest BCUT2D eigenvalue weighted by molar-refractivity contribution is 7.19. The van der Waals surface area contributed by atoms with E-state index >= 15 is 0 Å². The van der Waals surface area contributed by atoms with Crippen LogP contribution in [0.2, 0.25) is 0 Å². The first-order valence-electron chi connectivity index (χ1n) is 6.36. The summed E-state index contributed by atoms with van der Waals surface area (Å²) < 4.78 is 1.69. The fourth-order valence-corrected chi connectivity index (χ4v) is 3.32. The molecular weight excluding hydrogens is 286 g/mol. The summed E-state index contributed by atoms with van der Waals surface area (Å²) in [5.41, 5.74) is 9.06. The van der Waals surface area contributed by atoms with Crippen molar-refractivity contribution in [2.45, 2.75) is 13.8 Å². The number of hydrogen-bond donors (Lipinski definition) is 1. The molecule has 1 amide bonds. The maximum atomic E-state index is 11.5. The third kappa shape index (κ3) is 2.04. The van der Waals surface area contributed by atoms with Gasteiger partial charge in [-0.25, -0.2) is 4.98 Å². The predicted octanol–water partition coefficient (Wildman–Crippen LogP) is 2.59. The molecule has 2 N–H and O–H groups in total. The molecular formula is C15H13N3O2S. The van der Waals surface area contributed by atoms with E-state index in [0.29, 0.717) is 26.9 Å². The number of imidazole rings is 1. The molecule has 2 aromatic heterocycles. The van der Waals surface area contributed by atoms with Crippen LogP contribution in [0.15, 0.2) is 24.3 Å². The molecule has 1 aromatic carbocycles. The molecule has 21 heavy (non-hydrogen) atoms. The zero-order chi connectivity index (χ0) is 15.1. The average molecular weight is 299 g/mol. The van der Waals surface area contributed by atoms with Crippen molar-refractivity contribution in [3.63, 3.8) is 0 Å². The first-order chi connectivity index (χ1) is 10.0. The van der Waals surface area contributed by atoms with Crippen molar-refractivity contribution < 1.29 is 9.59 Å². The van der Waals surface area contributed by atoms with Gasteiger partial charge in [0.05, 0.1) is 0 Å². The normalized spacial score (nSPS) is 11.0. The number of fused-ring (bicyclic) bond motifs is 1. The zero-order valence-electron chi connectivity index (χ0n) is 11.6. The van der Waals surface area contributed by atoms with E-state index in [-0.39, 0.29) is 0 Å². The number of carbonyl (C=O) groups excluding carboxylic acids is 2. The van der Waals surface area contributed by atoms with E-state index in [1.54, 1.807) is 11.3 Å². The number of benzene rings is 1. The number of aldehydes is 1. The maximum absolute atomic E-state index is 11.5. The first kappa shape index (κ1) is 13.5. The van der Waals surface area contributed by atoms with Crippen molar-refractivity contribution in [3.05, 3.63) is 46.1 Å². The Bertz CT molecular complexity index is 859. The SMILES string of the molecule is Cc1ccc(-c2nc3sc(C(N)=O)c(C)n3c2C=O)cc1. The molecule has 0 aliphatic rings. The summed E-state index contributed by atoms with van der Waals surface area (Å²) in [6.07, 6.45) is 0.764. The van der Waals surface area contributed by atoms with Crippen LogP contribution in [0.3, 0.4) is 0 Å². The monoisotopic (exact) mass is 299 g/mol. The van der Waals surface area contributed by atoms with Crippen molar-refractivity contribution in [2.24, 2.45) is 5.73 Å². The van der Waals surface area contributed by atoms with Gasteiger partial charge in [-0.1, -0.05) is 41.2 Å². The quantitative estimate of drug-likeness (QED) is 0.755. The molecule has 0 atom stereocenters. The Balaban J connectivity index is 2.28. The van der Waals surface area contributed by atoms with Crippen LogP contribution >= 0.6 is 11.3 Å². The van der Waals surface area contributed by atoms with Crippen LogP contribution in [0.1, 0.15) is 31.4 Å². The fraction of sp³-hybridized carbons (Fsp3) is 0.133. The van der Waals surface area contributed by atoms with E-state index in [9.17, 15) is 9.59 Å². The standard InChI is InChI=1S/C15H13N3O2S/c1-8-3-5-10(6-4-8)12-11(7-19)18-9(2)13(14(16)20)21-15(18)17-12/h3-7H,1-2H3,(H2,16,20). The molecule has 0 aliphatic heterocycles. The van der Waals surface area contributed by atoms with Gasteiger partial charge in [0, 0.05) is 11.3 Å². The van der Waals surface area contributed by atoms with Gasteiger partial charge in [-0.15, -0.1) is 0 Å². The lowest BCUT2D eigenvalue weighted by Crippen LogP contribution is -2.11. The lowest BCUT2D eigenvalue weighted by atomic mass is 10.1.